The topological polar surface area (TPSA) is 0 Å². The van der Waals surface area contributed by atoms with Crippen LogP contribution < -0.4 is 0 Å². The molecule has 0 saturated heterocycles. The van der Waals surface area contributed by atoms with E-state index in [4.69, 9.17) is 0 Å². The number of allylic oxidation sites excluding steroid dienone is 2. The molecule has 1 aliphatic rings. The van der Waals surface area contributed by atoms with Gasteiger partial charge in [0.2, 0.25) is 0 Å². The zero-order chi connectivity index (χ0) is 14.5. The molecule has 0 spiro atoms. The molecule has 0 aliphatic heterocycles. The molecule has 0 radical (unpaired) electrons. The minimum Gasteiger partial charge on any atom is -0.0883 e. The first-order valence-corrected chi connectivity index (χ1v) is 8.36. The Balaban J connectivity index is 1.99. The van der Waals surface area contributed by atoms with E-state index in [0.29, 0.717) is 0 Å². The lowest BCUT2D eigenvalue weighted by atomic mass is 9.76. The molecule has 1 saturated carbocycles. The molecule has 0 N–H and O–H groups in total. The number of unbranched alkanes of at least 4 members (excludes halogenated alkanes) is 1. The van der Waals surface area contributed by atoms with Gasteiger partial charge in [0, 0.05) is 0 Å². The predicted octanol–water partition coefficient (Wildman–Crippen LogP) is 6.24. The summed E-state index contributed by atoms with van der Waals surface area (Å²) in [6.07, 6.45) is 12.9. The average Bonchev–Trinajstić information content (AvgIpc) is 2.46. The van der Waals surface area contributed by atoms with Gasteiger partial charge in [-0.1, -0.05) is 37.6 Å². The molecule has 2 rings (SSSR count). The zero-order valence-electron chi connectivity index (χ0n) is 13.7. The van der Waals surface area contributed by atoms with Crippen LogP contribution in [-0.4, -0.2) is 0 Å². The molecule has 0 unspecified atom stereocenters. The van der Waals surface area contributed by atoms with Crippen molar-refractivity contribution in [2.75, 3.05) is 0 Å². The van der Waals surface area contributed by atoms with Gasteiger partial charge in [0.25, 0.3) is 0 Å². The molecule has 20 heavy (non-hydrogen) atoms. The SMILES string of the molecule is CCC/C=C/C1CCC(c2ccc(C)c(C)c2C)CC1. The molecule has 1 aromatic carbocycles. The summed E-state index contributed by atoms with van der Waals surface area (Å²) < 4.78 is 0. The van der Waals surface area contributed by atoms with Crippen molar-refractivity contribution in [2.45, 2.75) is 72.1 Å². The van der Waals surface area contributed by atoms with E-state index in [0.717, 1.165) is 11.8 Å². The first-order valence-electron chi connectivity index (χ1n) is 8.36. The standard InChI is InChI=1S/C20H30/c1-5-6-7-8-18-10-12-19(13-11-18)20-14-9-15(2)16(3)17(20)4/h7-9,14,18-19H,5-6,10-13H2,1-4H3/b8-7+. The summed E-state index contributed by atoms with van der Waals surface area (Å²) in [4.78, 5) is 0. The van der Waals surface area contributed by atoms with Gasteiger partial charge in [-0.2, -0.15) is 0 Å². The Hall–Kier alpha value is -1.04. The molecule has 1 fully saturated rings. The first kappa shape index (κ1) is 15.4. The van der Waals surface area contributed by atoms with E-state index in [-0.39, 0.29) is 0 Å². The summed E-state index contributed by atoms with van der Waals surface area (Å²) in [5, 5.41) is 0. The maximum Gasteiger partial charge on any atom is -0.0159 e. The van der Waals surface area contributed by atoms with Crippen LogP contribution in [0.1, 0.15) is 73.6 Å². The maximum absolute atomic E-state index is 2.48. The number of aryl methyl sites for hydroxylation is 1. The molecule has 0 bridgehead atoms. The lowest BCUT2D eigenvalue weighted by Gasteiger charge is -2.29. The fourth-order valence-electron chi connectivity index (χ4n) is 3.50. The van der Waals surface area contributed by atoms with E-state index >= 15 is 0 Å². The van der Waals surface area contributed by atoms with Gasteiger partial charge in [0.05, 0.1) is 0 Å². The Morgan fingerprint density at radius 2 is 1.70 bits per heavy atom. The Bertz CT molecular complexity index is 459. The summed E-state index contributed by atoms with van der Waals surface area (Å²) >= 11 is 0. The quantitative estimate of drug-likeness (QED) is 0.568. The van der Waals surface area contributed by atoms with Gasteiger partial charge in [0.15, 0.2) is 0 Å². The monoisotopic (exact) mass is 270 g/mol. The van der Waals surface area contributed by atoms with Crippen molar-refractivity contribution in [1.82, 2.24) is 0 Å². The Morgan fingerprint density at radius 3 is 2.35 bits per heavy atom. The molecule has 0 heterocycles. The molecular weight excluding hydrogens is 240 g/mol. The van der Waals surface area contributed by atoms with Crippen LogP contribution in [0.3, 0.4) is 0 Å². The van der Waals surface area contributed by atoms with Crippen LogP contribution >= 0.6 is 0 Å². The van der Waals surface area contributed by atoms with Gasteiger partial charge in [0.1, 0.15) is 0 Å². The lowest BCUT2D eigenvalue weighted by Crippen LogP contribution is -2.13. The third-order valence-corrected chi connectivity index (χ3v) is 5.18. The fourth-order valence-corrected chi connectivity index (χ4v) is 3.50. The summed E-state index contributed by atoms with van der Waals surface area (Å²) in [5.74, 6) is 1.63. The fraction of sp³-hybridized carbons (Fsp3) is 0.600. The molecule has 0 heteroatoms. The molecule has 110 valence electrons. The van der Waals surface area contributed by atoms with Crippen molar-refractivity contribution in [2.24, 2.45) is 5.92 Å². The molecular formula is C20H30. The van der Waals surface area contributed by atoms with Crippen molar-refractivity contribution >= 4 is 0 Å². The number of hydrogen-bond acceptors (Lipinski definition) is 0. The first-order chi connectivity index (χ1) is 9.63. The molecule has 1 aliphatic carbocycles. The summed E-state index contributed by atoms with van der Waals surface area (Å²) in [7, 11) is 0. The molecule has 0 nitrogen and oxygen atoms in total. The van der Waals surface area contributed by atoms with E-state index in [1.54, 1.807) is 5.56 Å². The normalized spacial score (nSPS) is 23.4. The van der Waals surface area contributed by atoms with E-state index in [2.05, 4.69) is 52.0 Å². The van der Waals surface area contributed by atoms with Crippen molar-refractivity contribution in [1.29, 1.82) is 0 Å². The zero-order valence-corrected chi connectivity index (χ0v) is 13.7. The van der Waals surface area contributed by atoms with Crippen molar-refractivity contribution in [3.63, 3.8) is 0 Å². The highest BCUT2D eigenvalue weighted by Crippen LogP contribution is 2.38. The van der Waals surface area contributed by atoms with Crippen LogP contribution in [0.2, 0.25) is 0 Å². The molecule has 0 atom stereocenters. The second-order valence-electron chi connectivity index (χ2n) is 6.55. The summed E-state index contributed by atoms with van der Waals surface area (Å²) in [6, 6.07) is 4.69. The Kier molecular flexibility index (Phi) is 5.46. The molecule has 1 aromatic rings. The van der Waals surface area contributed by atoms with E-state index in [9.17, 15) is 0 Å². The Labute approximate surface area is 125 Å². The highest BCUT2D eigenvalue weighted by molar-refractivity contribution is 5.40. The van der Waals surface area contributed by atoms with Gasteiger partial charge in [-0.3, -0.25) is 0 Å². The molecule has 0 aromatic heterocycles. The maximum atomic E-state index is 2.48. The van der Waals surface area contributed by atoms with Crippen LogP contribution in [0.4, 0.5) is 0 Å². The highest BCUT2D eigenvalue weighted by Gasteiger charge is 2.22. The van der Waals surface area contributed by atoms with Gasteiger partial charge >= 0.3 is 0 Å². The number of benzene rings is 1. The van der Waals surface area contributed by atoms with Crippen LogP contribution in [-0.2, 0) is 0 Å². The van der Waals surface area contributed by atoms with E-state index in [1.807, 2.05) is 0 Å². The highest BCUT2D eigenvalue weighted by atomic mass is 14.3. The predicted molar refractivity (Wildman–Crippen MR) is 89.4 cm³/mol. The van der Waals surface area contributed by atoms with Crippen LogP contribution in [0.25, 0.3) is 0 Å². The van der Waals surface area contributed by atoms with Crippen LogP contribution in [0.5, 0.6) is 0 Å². The second-order valence-corrected chi connectivity index (χ2v) is 6.55. The lowest BCUT2D eigenvalue weighted by molar-refractivity contribution is 0.374. The minimum atomic E-state index is 0.796. The molecule has 0 amide bonds. The smallest absolute Gasteiger partial charge is 0.0159 e. The Morgan fingerprint density at radius 1 is 1.00 bits per heavy atom. The number of hydrogen-bond donors (Lipinski definition) is 0. The largest absolute Gasteiger partial charge is 0.0883 e. The van der Waals surface area contributed by atoms with Crippen molar-refractivity contribution in [3.8, 4) is 0 Å². The van der Waals surface area contributed by atoms with Crippen molar-refractivity contribution < 1.29 is 0 Å². The van der Waals surface area contributed by atoms with E-state index < -0.39 is 0 Å². The van der Waals surface area contributed by atoms with Crippen LogP contribution in [0, 0.1) is 26.7 Å². The van der Waals surface area contributed by atoms with Gasteiger partial charge < -0.3 is 0 Å². The van der Waals surface area contributed by atoms with Gasteiger partial charge in [-0.25, -0.2) is 0 Å². The third-order valence-electron chi connectivity index (χ3n) is 5.18. The van der Waals surface area contributed by atoms with Crippen molar-refractivity contribution in [3.05, 3.63) is 46.5 Å². The summed E-state index contributed by atoms with van der Waals surface area (Å²) in [6.45, 7) is 9.06. The van der Waals surface area contributed by atoms with E-state index in [1.165, 1.54) is 55.2 Å². The minimum absolute atomic E-state index is 0.796. The van der Waals surface area contributed by atoms with Gasteiger partial charge in [-0.15, -0.1) is 0 Å². The number of rotatable bonds is 4. The third kappa shape index (κ3) is 3.53. The average molecular weight is 270 g/mol. The van der Waals surface area contributed by atoms with Crippen LogP contribution in [0.15, 0.2) is 24.3 Å². The second kappa shape index (κ2) is 7.11. The summed E-state index contributed by atoms with van der Waals surface area (Å²) in [5.41, 5.74) is 6.08. The van der Waals surface area contributed by atoms with Gasteiger partial charge in [-0.05, 0) is 87.0 Å².